The summed E-state index contributed by atoms with van der Waals surface area (Å²) in [6.07, 6.45) is 0. The molecule has 0 aromatic carbocycles. The van der Waals surface area contributed by atoms with Gasteiger partial charge in [0.05, 0.1) is 51.8 Å². The molecule has 9 heteroatoms. The van der Waals surface area contributed by atoms with Crippen molar-refractivity contribution in [2.45, 2.75) is 27.7 Å². The first-order valence-electron chi connectivity index (χ1n) is 6.90. The molecule has 0 spiro atoms. The minimum atomic E-state index is 0.388. The third-order valence-electron chi connectivity index (χ3n) is 3.64. The zero-order valence-electron chi connectivity index (χ0n) is 12.7. The van der Waals surface area contributed by atoms with Gasteiger partial charge in [-0.2, -0.15) is 0 Å². The zero-order chi connectivity index (χ0) is 16.3. The molecule has 0 aliphatic heterocycles. The average Bonchev–Trinajstić information content (AvgIpc) is 3.01. The summed E-state index contributed by atoms with van der Waals surface area (Å²) in [5, 5.41) is 9.86. The van der Waals surface area contributed by atoms with Crippen molar-refractivity contribution in [2.24, 2.45) is 0 Å². The van der Waals surface area contributed by atoms with Crippen molar-refractivity contribution in [3.05, 3.63) is 10.0 Å². The van der Waals surface area contributed by atoms with Crippen LogP contribution in [0, 0.1) is 0 Å². The molecule has 0 saturated carbocycles. The maximum atomic E-state index is 5.54. The Balaban J connectivity index is 3.07. The average molecular weight is 383 g/mol. The van der Waals surface area contributed by atoms with Gasteiger partial charge in [0.25, 0.3) is 0 Å². The topological polar surface area (TPSA) is 25.8 Å². The first-order valence-corrected chi connectivity index (χ1v) is 9.34. The number of thiol groups is 2. The van der Waals surface area contributed by atoms with E-state index in [1.165, 1.54) is 11.3 Å². The number of aromatic nitrogens is 2. The van der Waals surface area contributed by atoms with Crippen LogP contribution < -0.4 is 0 Å². The first kappa shape index (κ1) is 19.4. The van der Waals surface area contributed by atoms with E-state index in [-0.39, 0.29) is 0 Å². The van der Waals surface area contributed by atoms with Crippen molar-refractivity contribution in [1.82, 2.24) is 10.2 Å². The molecule has 1 rings (SSSR count). The molecule has 0 fully saturated rings. The molecular weight excluding hydrogens is 360 g/mol. The maximum Gasteiger partial charge on any atom is 0.248 e. The van der Waals surface area contributed by atoms with Gasteiger partial charge in [-0.15, -0.1) is 10.2 Å². The van der Waals surface area contributed by atoms with Crippen molar-refractivity contribution in [3.8, 4) is 0 Å². The molecule has 0 atom stereocenters. The molecule has 0 bridgehead atoms. The van der Waals surface area contributed by atoms with Crippen LogP contribution in [0.2, 0.25) is 0 Å². The van der Waals surface area contributed by atoms with Gasteiger partial charge in [-0.1, -0.05) is 11.3 Å². The minimum absolute atomic E-state index is 0.388. The van der Waals surface area contributed by atoms with E-state index in [0.717, 1.165) is 26.2 Å². The number of rotatable bonds is 6. The number of nitrogens with zero attached hydrogens (tertiary/aromatic N) is 4. The Morgan fingerprint density at radius 1 is 0.857 bits per heavy atom. The minimum Gasteiger partial charge on any atom is -0.221 e. The standard InChI is InChI=1S/C12H22N4S5/c1-5-15(19,6-2)11(17)9-13-14-10(21-9)12(18)16(20,7-3)8-4/h19-20H,5-8H2,1-4H3/q+2. The maximum absolute atomic E-state index is 5.54. The Hall–Kier alpha value is 0.360. The lowest BCUT2D eigenvalue weighted by molar-refractivity contribution is -0.686. The summed E-state index contributed by atoms with van der Waals surface area (Å²) in [6, 6.07) is 0. The van der Waals surface area contributed by atoms with Crippen molar-refractivity contribution in [2.75, 3.05) is 26.2 Å². The van der Waals surface area contributed by atoms with E-state index in [1.807, 2.05) is 0 Å². The Kier molecular flexibility index (Phi) is 7.17. The van der Waals surface area contributed by atoms with Gasteiger partial charge in [0.1, 0.15) is 0 Å². The summed E-state index contributed by atoms with van der Waals surface area (Å²) in [4.78, 5) is 1.39. The number of thiocarbonyl (C=S) groups is 2. The summed E-state index contributed by atoms with van der Waals surface area (Å²) in [5.41, 5.74) is 0. The molecule has 21 heavy (non-hydrogen) atoms. The number of hydrogen-bond donors (Lipinski definition) is 2. The normalized spacial score (nSPS) is 12.5. The molecule has 0 aliphatic carbocycles. The van der Waals surface area contributed by atoms with Gasteiger partial charge in [0, 0.05) is 0 Å². The van der Waals surface area contributed by atoms with Crippen molar-refractivity contribution in [1.29, 1.82) is 0 Å². The second-order valence-corrected chi connectivity index (χ2v) is 7.92. The number of quaternary nitrogens is 2. The highest BCUT2D eigenvalue weighted by atomic mass is 32.1. The van der Waals surface area contributed by atoms with Crippen molar-refractivity contribution < 1.29 is 7.78 Å². The lowest BCUT2D eigenvalue weighted by atomic mass is 10.5. The predicted molar refractivity (Wildman–Crippen MR) is 104 cm³/mol. The van der Waals surface area contributed by atoms with E-state index in [4.69, 9.17) is 24.4 Å². The molecule has 1 heterocycles. The van der Waals surface area contributed by atoms with Crippen LogP contribution in [0.4, 0.5) is 0 Å². The molecule has 0 radical (unpaired) electrons. The lowest BCUT2D eigenvalue weighted by Gasteiger charge is -2.27. The quantitative estimate of drug-likeness (QED) is 0.448. The SMILES string of the molecule is CC[N+](S)(CC)C(=S)c1nnc(C(=S)[N+](S)(CC)CC)s1. The van der Waals surface area contributed by atoms with Crippen LogP contribution in [0.25, 0.3) is 0 Å². The van der Waals surface area contributed by atoms with Gasteiger partial charge in [-0.05, 0) is 52.1 Å². The van der Waals surface area contributed by atoms with Crippen LogP contribution in [-0.2, 0) is 0 Å². The van der Waals surface area contributed by atoms with Crippen LogP contribution in [0.3, 0.4) is 0 Å². The molecule has 0 amide bonds. The predicted octanol–water partition coefficient (Wildman–Crippen LogP) is 3.29. The fourth-order valence-electron chi connectivity index (χ4n) is 1.77. The lowest BCUT2D eigenvalue weighted by Crippen LogP contribution is -2.43. The molecule has 118 valence electrons. The summed E-state index contributed by atoms with van der Waals surface area (Å²) in [6.45, 7) is 11.4. The second kappa shape index (κ2) is 7.76. The summed E-state index contributed by atoms with van der Waals surface area (Å²) in [7, 11) is 0. The van der Waals surface area contributed by atoms with Crippen LogP contribution in [0.5, 0.6) is 0 Å². The van der Waals surface area contributed by atoms with Gasteiger partial charge in [0.15, 0.2) is 0 Å². The summed E-state index contributed by atoms with van der Waals surface area (Å²) in [5.74, 6) is 0. The Bertz CT molecular complexity index is 475. The Morgan fingerprint density at radius 3 is 1.38 bits per heavy atom. The Labute approximate surface area is 152 Å². The van der Waals surface area contributed by atoms with E-state index in [2.05, 4.69) is 63.5 Å². The fourth-order valence-corrected chi connectivity index (χ4v) is 3.82. The highest BCUT2D eigenvalue weighted by Gasteiger charge is 2.34. The first-order chi connectivity index (χ1) is 9.77. The van der Waals surface area contributed by atoms with Crippen LogP contribution >= 0.6 is 61.4 Å². The Morgan fingerprint density at radius 2 is 1.14 bits per heavy atom. The molecule has 0 N–H and O–H groups in total. The van der Waals surface area contributed by atoms with E-state index in [0.29, 0.717) is 27.8 Å². The summed E-state index contributed by atoms with van der Waals surface area (Å²) >= 11 is 21.8. The van der Waals surface area contributed by atoms with E-state index in [9.17, 15) is 0 Å². The zero-order valence-corrected chi connectivity index (χ0v) is 17.0. The molecule has 0 saturated heterocycles. The van der Waals surface area contributed by atoms with Crippen LogP contribution in [0.1, 0.15) is 37.7 Å². The van der Waals surface area contributed by atoms with Gasteiger partial charge in [0.2, 0.25) is 20.0 Å². The third-order valence-corrected chi connectivity index (χ3v) is 7.72. The van der Waals surface area contributed by atoms with E-state index >= 15 is 0 Å². The van der Waals surface area contributed by atoms with Gasteiger partial charge in [-0.3, -0.25) is 0 Å². The number of hydrogen-bond acceptors (Lipinski definition) is 7. The van der Waals surface area contributed by atoms with Gasteiger partial charge < -0.3 is 0 Å². The largest absolute Gasteiger partial charge is 0.248 e. The second-order valence-electron chi connectivity index (χ2n) is 4.63. The smallest absolute Gasteiger partial charge is 0.221 e. The van der Waals surface area contributed by atoms with Crippen molar-refractivity contribution >= 4 is 71.4 Å². The molecule has 1 aromatic heterocycles. The van der Waals surface area contributed by atoms with E-state index in [1.54, 1.807) is 0 Å². The highest BCUT2D eigenvalue weighted by Crippen LogP contribution is 2.25. The van der Waals surface area contributed by atoms with Crippen LogP contribution in [-0.4, -0.2) is 54.1 Å². The van der Waals surface area contributed by atoms with E-state index < -0.39 is 0 Å². The van der Waals surface area contributed by atoms with Crippen molar-refractivity contribution in [3.63, 3.8) is 0 Å². The molecule has 4 nitrogen and oxygen atoms in total. The molecular formula is C12H22N4S5+2. The summed E-state index contributed by atoms with van der Waals surface area (Å²) < 4.78 is 0.776. The molecule has 1 aromatic rings. The third kappa shape index (κ3) is 4.01. The highest BCUT2D eigenvalue weighted by molar-refractivity contribution is 7.83. The monoisotopic (exact) mass is 382 g/mol. The molecule has 0 unspecified atom stereocenters. The van der Waals surface area contributed by atoms with Gasteiger partial charge >= 0.3 is 0 Å². The molecule has 0 aliphatic rings. The van der Waals surface area contributed by atoms with Crippen LogP contribution in [0.15, 0.2) is 0 Å². The fraction of sp³-hybridized carbons (Fsp3) is 0.667. The van der Waals surface area contributed by atoms with Gasteiger partial charge in [-0.25, -0.2) is 7.78 Å².